The Balaban J connectivity index is 1.30. The van der Waals surface area contributed by atoms with E-state index >= 15 is 4.39 Å². The van der Waals surface area contributed by atoms with Gasteiger partial charge in [0, 0.05) is 81.9 Å². The summed E-state index contributed by atoms with van der Waals surface area (Å²) < 4.78 is 17.3. The molecule has 40 heavy (non-hydrogen) atoms. The normalized spacial score (nSPS) is 18.9. The fourth-order valence-corrected chi connectivity index (χ4v) is 7.25. The summed E-state index contributed by atoms with van der Waals surface area (Å²) in [4.78, 5) is 28.5. The Morgan fingerprint density at radius 1 is 1.12 bits per heavy atom. The maximum Gasteiger partial charge on any atom is 0.255 e. The van der Waals surface area contributed by atoms with Crippen LogP contribution in [0.25, 0.3) is 28.0 Å². The molecule has 5 aromatic rings. The smallest absolute Gasteiger partial charge is 0.255 e. The van der Waals surface area contributed by atoms with Crippen LogP contribution in [0.4, 0.5) is 10.1 Å². The second-order valence-corrected chi connectivity index (χ2v) is 12.4. The van der Waals surface area contributed by atoms with Crippen LogP contribution in [0.5, 0.6) is 0 Å². The van der Waals surface area contributed by atoms with Crippen LogP contribution in [-0.2, 0) is 6.42 Å². The molecule has 2 atom stereocenters. The summed E-state index contributed by atoms with van der Waals surface area (Å²) in [6.07, 6.45) is 9.01. The predicted octanol–water partition coefficient (Wildman–Crippen LogP) is 6.19. The second-order valence-electron chi connectivity index (χ2n) is 10.6. The third-order valence-electron chi connectivity index (χ3n) is 8.09. The van der Waals surface area contributed by atoms with Gasteiger partial charge in [-0.3, -0.25) is 9.78 Å². The van der Waals surface area contributed by atoms with Gasteiger partial charge in [0.15, 0.2) is 0 Å². The van der Waals surface area contributed by atoms with Crippen molar-refractivity contribution in [2.24, 2.45) is 0 Å². The third kappa shape index (κ3) is 4.33. The summed E-state index contributed by atoms with van der Waals surface area (Å²) in [5, 5.41) is 2.10. The van der Waals surface area contributed by atoms with Crippen molar-refractivity contribution in [1.82, 2.24) is 19.3 Å². The first kappa shape index (κ1) is 25.2. The van der Waals surface area contributed by atoms with E-state index in [-0.39, 0.29) is 17.8 Å². The number of aromatic nitrogens is 3. The molecule has 6 nitrogen and oxygen atoms in total. The van der Waals surface area contributed by atoms with Gasteiger partial charge < -0.3 is 14.2 Å². The Morgan fingerprint density at radius 2 is 2.02 bits per heavy atom. The molecule has 1 amide bonds. The van der Waals surface area contributed by atoms with E-state index < -0.39 is 0 Å². The van der Waals surface area contributed by atoms with Gasteiger partial charge in [0.2, 0.25) is 0 Å². The van der Waals surface area contributed by atoms with Gasteiger partial charge in [0.05, 0.1) is 17.3 Å². The summed E-state index contributed by atoms with van der Waals surface area (Å²) in [6, 6.07) is 13.2. The van der Waals surface area contributed by atoms with E-state index in [1.54, 1.807) is 35.9 Å². The molecule has 1 fully saturated rings. The van der Waals surface area contributed by atoms with Crippen LogP contribution in [0.3, 0.4) is 0 Å². The van der Waals surface area contributed by atoms with E-state index in [0.29, 0.717) is 34.6 Å². The molecule has 199 valence electrons. The number of carbonyl (C=O) groups excluding carboxylic acids is 1. The Hall–Kier alpha value is -3.82. The van der Waals surface area contributed by atoms with Crippen molar-refractivity contribution < 1.29 is 9.18 Å². The standard InChI is InChI=1S/C31H27FN5OSSi/c1-19-24-8-12-39-29(24)7-11-37(19)31(38)21-13-26(20-3-2-9-33-15-20)30-34-28(18-36(30)16-21)25-5-4-22(14-27(25)32)35-10-6-23(40)17-35/h2-5,8-9,12-16,18-19,23H,6-7,10-11,17H2,1H3/t19-,23-/m1/s1. The number of amides is 1. The molecule has 0 aliphatic carbocycles. The average Bonchev–Trinajstić information content (AvgIpc) is 3.72. The molecule has 2 aliphatic heterocycles. The van der Waals surface area contributed by atoms with Gasteiger partial charge in [0.25, 0.3) is 5.91 Å². The number of nitrogens with zero attached hydrogens (tertiary/aromatic N) is 5. The molecule has 7 rings (SSSR count). The first-order valence-corrected chi connectivity index (χ1v) is 15.0. The molecule has 4 aromatic heterocycles. The third-order valence-corrected chi connectivity index (χ3v) is 9.56. The highest BCUT2D eigenvalue weighted by atomic mass is 32.1. The maximum atomic E-state index is 15.5. The lowest BCUT2D eigenvalue weighted by Crippen LogP contribution is -2.38. The number of rotatable bonds is 4. The summed E-state index contributed by atoms with van der Waals surface area (Å²) in [7, 11) is 3.72. The number of benzene rings is 1. The monoisotopic (exact) mass is 564 g/mol. The van der Waals surface area contributed by atoms with Gasteiger partial charge in [-0.25, -0.2) is 9.37 Å². The Morgan fingerprint density at radius 3 is 2.80 bits per heavy atom. The summed E-state index contributed by atoms with van der Waals surface area (Å²) in [5.41, 5.74) is 6.31. The summed E-state index contributed by atoms with van der Waals surface area (Å²) >= 11 is 1.76. The lowest BCUT2D eigenvalue weighted by Gasteiger charge is -2.33. The van der Waals surface area contributed by atoms with E-state index in [9.17, 15) is 4.79 Å². The van der Waals surface area contributed by atoms with Crippen molar-refractivity contribution in [3.63, 3.8) is 0 Å². The fraction of sp³-hybridized carbons (Fsp3) is 0.258. The average molecular weight is 565 g/mol. The molecule has 9 heteroatoms. The first-order valence-electron chi connectivity index (χ1n) is 13.5. The number of thiophene rings is 1. The van der Waals surface area contributed by atoms with E-state index in [2.05, 4.69) is 38.5 Å². The number of imidazole rings is 1. The van der Waals surface area contributed by atoms with Crippen LogP contribution in [0, 0.1) is 5.82 Å². The quantitative estimate of drug-likeness (QED) is 0.244. The van der Waals surface area contributed by atoms with Crippen molar-refractivity contribution in [3.05, 3.63) is 94.5 Å². The molecule has 0 N–H and O–H groups in total. The zero-order chi connectivity index (χ0) is 27.4. The molecule has 0 bridgehead atoms. The van der Waals surface area contributed by atoms with Crippen LogP contribution in [0.15, 0.2) is 72.6 Å². The van der Waals surface area contributed by atoms with Crippen LogP contribution < -0.4 is 4.90 Å². The van der Waals surface area contributed by atoms with E-state index in [0.717, 1.165) is 42.7 Å². The largest absolute Gasteiger partial charge is 0.371 e. The first-order chi connectivity index (χ1) is 19.5. The topological polar surface area (TPSA) is 53.7 Å². The van der Waals surface area contributed by atoms with Gasteiger partial charge >= 0.3 is 0 Å². The number of pyridine rings is 2. The van der Waals surface area contributed by atoms with Crippen LogP contribution >= 0.6 is 11.3 Å². The minimum Gasteiger partial charge on any atom is -0.371 e. The zero-order valence-corrected chi connectivity index (χ0v) is 23.9. The number of halogens is 1. The number of fused-ring (bicyclic) bond motifs is 2. The van der Waals surface area contributed by atoms with Crippen molar-refractivity contribution in [2.45, 2.75) is 31.3 Å². The van der Waals surface area contributed by atoms with Crippen molar-refractivity contribution >= 4 is 38.8 Å². The Kier molecular flexibility index (Phi) is 6.28. The molecule has 3 radical (unpaired) electrons. The zero-order valence-electron chi connectivity index (χ0n) is 22.0. The van der Waals surface area contributed by atoms with Gasteiger partial charge in [0.1, 0.15) is 11.5 Å². The van der Waals surface area contributed by atoms with E-state index in [4.69, 9.17) is 4.98 Å². The van der Waals surface area contributed by atoms with Crippen LogP contribution in [-0.4, -0.2) is 55.1 Å². The van der Waals surface area contributed by atoms with E-state index in [1.165, 1.54) is 10.4 Å². The molecule has 1 saturated heterocycles. The molecule has 1 aromatic carbocycles. The predicted molar refractivity (Wildman–Crippen MR) is 158 cm³/mol. The molecular formula is C31H27FN5OSSi. The number of hydrogen-bond acceptors (Lipinski definition) is 5. The van der Waals surface area contributed by atoms with Gasteiger partial charge in [-0.05, 0) is 72.6 Å². The van der Waals surface area contributed by atoms with Crippen molar-refractivity contribution in [3.8, 4) is 22.4 Å². The van der Waals surface area contributed by atoms with Gasteiger partial charge in [-0.2, -0.15) is 0 Å². The lowest BCUT2D eigenvalue weighted by molar-refractivity contribution is 0.0679. The Bertz CT molecular complexity index is 1730. The SMILES string of the molecule is C[C@@H]1c2ccsc2CCN1C(=O)c1cc(-c2cccnc2)c2nc(-c3ccc(N4CC[C@@H]([Si])C4)cc3F)cn2c1. The molecule has 6 heterocycles. The van der Waals surface area contributed by atoms with Crippen molar-refractivity contribution in [1.29, 1.82) is 0 Å². The molecule has 0 unspecified atom stereocenters. The van der Waals surface area contributed by atoms with Gasteiger partial charge in [-0.1, -0.05) is 6.07 Å². The number of hydrogen-bond donors (Lipinski definition) is 0. The second kappa shape index (κ2) is 9.98. The number of anilines is 1. The maximum absolute atomic E-state index is 15.5. The highest BCUT2D eigenvalue weighted by Crippen LogP contribution is 2.36. The van der Waals surface area contributed by atoms with Gasteiger partial charge in [-0.15, -0.1) is 11.3 Å². The number of carbonyl (C=O) groups is 1. The minimum atomic E-state index is -0.314. The fourth-order valence-electron chi connectivity index (χ4n) is 5.94. The molecule has 2 aliphatic rings. The minimum absolute atomic E-state index is 0.00121. The van der Waals surface area contributed by atoms with Crippen molar-refractivity contribution in [2.75, 3.05) is 24.5 Å². The lowest BCUT2D eigenvalue weighted by atomic mass is 10.00. The Labute approximate surface area is 239 Å². The van der Waals surface area contributed by atoms with Crippen LogP contribution in [0.2, 0.25) is 5.54 Å². The molecule has 0 saturated carbocycles. The highest BCUT2D eigenvalue weighted by molar-refractivity contribution is 7.10. The van der Waals surface area contributed by atoms with E-state index in [1.807, 2.05) is 46.0 Å². The molecule has 0 spiro atoms. The summed E-state index contributed by atoms with van der Waals surface area (Å²) in [6.45, 7) is 4.52. The van der Waals surface area contributed by atoms with Crippen LogP contribution in [0.1, 0.15) is 40.2 Å². The molecular weight excluding hydrogens is 538 g/mol. The summed E-state index contributed by atoms with van der Waals surface area (Å²) in [5.74, 6) is -0.344. The highest BCUT2D eigenvalue weighted by Gasteiger charge is 2.30.